The molecule has 4 aliphatic rings. The molecule has 6 rings (SSSR count). The Hall–Kier alpha value is -2.98. The number of alkyl halides is 1. The van der Waals surface area contributed by atoms with Crippen molar-refractivity contribution in [3.63, 3.8) is 0 Å². The van der Waals surface area contributed by atoms with Gasteiger partial charge in [-0.15, -0.1) is 0 Å². The van der Waals surface area contributed by atoms with Gasteiger partial charge >= 0.3 is 5.97 Å². The number of aromatic amines is 1. The Bertz CT molecular complexity index is 1310. The molecule has 240 valence electrons. The van der Waals surface area contributed by atoms with E-state index in [-0.39, 0.29) is 42.3 Å². The number of benzene rings is 1. The van der Waals surface area contributed by atoms with Crippen molar-refractivity contribution in [1.82, 2.24) is 9.88 Å². The molecule has 9 nitrogen and oxygen atoms in total. The zero-order valence-corrected chi connectivity index (χ0v) is 25.6. The summed E-state index contributed by atoms with van der Waals surface area (Å²) in [6.07, 6.45) is 11.3. The molecule has 2 aromatic rings. The van der Waals surface area contributed by atoms with Gasteiger partial charge in [-0.05, 0) is 87.0 Å². The van der Waals surface area contributed by atoms with Crippen molar-refractivity contribution in [3.05, 3.63) is 30.0 Å². The highest BCUT2D eigenvalue weighted by molar-refractivity contribution is 6.01. The van der Waals surface area contributed by atoms with Crippen molar-refractivity contribution in [2.24, 2.45) is 29.4 Å². The number of carbonyl (C=O) groups excluding carboxylic acids is 3. The normalized spacial score (nSPS) is 28.7. The summed E-state index contributed by atoms with van der Waals surface area (Å²) < 4.78 is 24.1. The van der Waals surface area contributed by atoms with Crippen LogP contribution in [0.5, 0.6) is 0 Å². The summed E-state index contributed by atoms with van der Waals surface area (Å²) in [5.74, 6) is 0.0200. The first-order valence-corrected chi connectivity index (χ1v) is 16.8. The van der Waals surface area contributed by atoms with Crippen LogP contribution in [0.25, 0.3) is 10.9 Å². The molecule has 2 saturated carbocycles. The number of carbonyl (C=O) groups is 3. The van der Waals surface area contributed by atoms with Crippen LogP contribution >= 0.6 is 0 Å². The number of esters is 1. The first-order chi connectivity index (χ1) is 21.4. The molecule has 0 radical (unpaired) electrons. The van der Waals surface area contributed by atoms with Gasteiger partial charge in [-0.1, -0.05) is 32.1 Å². The van der Waals surface area contributed by atoms with Crippen LogP contribution in [0.2, 0.25) is 0 Å². The highest BCUT2D eigenvalue weighted by Crippen LogP contribution is 2.41. The molecular weight excluding hydrogens is 563 g/mol. The number of hydrogen-bond donors (Lipinski definition) is 3. The highest BCUT2D eigenvalue weighted by atomic mass is 19.1. The molecule has 0 spiro atoms. The number of H-pyrrole nitrogens is 1. The van der Waals surface area contributed by atoms with Crippen LogP contribution in [0.4, 0.5) is 10.1 Å². The van der Waals surface area contributed by atoms with Crippen LogP contribution in [0, 0.1) is 23.7 Å². The number of rotatable bonds is 9. The van der Waals surface area contributed by atoms with Gasteiger partial charge in [0.2, 0.25) is 11.8 Å². The molecule has 2 aliphatic heterocycles. The number of nitrogens with one attached hydrogen (secondary N) is 2. The number of likely N-dealkylation sites (tertiary alicyclic amines) is 1. The molecule has 3 heterocycles. The van der Waals surface area contributed by atoms with Gasteiger partial charge in [0.25, 0.3) is 0 Å². The monoisotopic (exact) mass is 610 g/mol. The second-order valence-corrected chi connectivity index (χ2v) is 13.5. The van der Waals surface area contributed by atoms with Crippen LogP contribution in [-0.4, -0.2) is 72.3 Å². The van der Waals surface area contributed by atoms with Gasteiger partial charge in [0.1, 0.15) is 25.0 Å². The van der Waals surface area contributed by atoms with Crippen molar-refractivity contribution < 1.29 is 28.2 Å². The predicted molar refractivity (Wildman–Crippen MR) is 166 cm³/mol. The Morgan fingerprint density at radius 2 is 1.82 bits per heavy atom. The molecule has 44 heavy (non-hydrogen) atoms. The lowest BCUT2D eigenvalue weighted by molar-refractivity contribution is -0.142. The van der Waals surface area contributed by atoms with E-state index in [1.54, 1.807) is 6.07 Å². The smallest absolute Gasteiger partial charge is 0.354 e. The van der Waals surface area contributed by atoms with Crippen molar-refractivity contribution in [1.29, 1.82) is 0 Å². The number of fused-ring (bicyclic) bond motifs is 1. The Morgan fingerprint density at radius 1 is 1.02 bits per heavy atom. The third kappa shape index (κ3) is 6.81. The minimum atomic E-state index is -0.531. The van der Waals surface area contributed by atoms with E-state index in [1.807, 2.05) is 23.1 Å². The van der Waals surface area contributed by atoms with Gasteiger partial charge in [-0.25, -0.2) is 9.18 Å². The van der Waals surface area contributed by atoms with Gasteiger partial charge in [-0.3, -0.25) is 9.59 Å². The average Bonchev–Trinajstić information content (AvgIpc) is 3.83. The summed E-state index contributed by atoms with van der Waals surface area (Å²) in [7, 11) is 0. The number of halogens is 1. The fourth-order valence-electron chi connectivity index (χ4n) is 8.17. The summed E-state index contributed by atoms with van der Waals surface area (Å²) >= 11 is 0. The summed E-state index contributed by atoms with van der Waals surface area (Å²) in [5, 5.41) is 3.92. The van der Waals surface area contributed by atoms with Crippen LogP contribution < -0.4 is 11.1 Å². The van der Waals surface area contributed by atoms with Crippen molar-refractivity contribution in [2.45, 2.75) is 95.2 Å². The Balaban J connectivity index is 1.15. The second-order valence-electron chi connectivity index (χ2n) is 13.5. The molecule has 2 aliphatic carbocycles. The molecule has 1 unspecified atom stereocenters. The van der Waals surface area contributed by atoms with E-state index in [0.717, 1.165) is 55.8 Å². The highest BCUT2D eigenvalue weighted by Gasteiger charge is 2.47. The number of nitrogens with zero attached hydrogens (tertiary/aromatic N) is 1. The van der Waals surface area contributed by atoms with Crippen LogP contribution in [0.15, 0.2) is 24.3 Å². The Labute approximate surface area is 258 Å². The van der Waals surface area contributed by atoms with Gasteiger partial charge in [0.05, 0.1) is 6.10 Å². The van der Waals surface area contributed by atoms with Crippen molar-refractivity contribution in [3.8, 4) is 0 Å². The van der Waals surface area contributed by atoms with Crippen molar-refractivity contribution in [2.75, 3.05) is 31.7 Å². The summed E-state index contributed by atoms with van der Waals surface area (Å²) in [6.45, 7) is 1.00. The zero-order valence-electron chi connectivity index (χ0n) is 25.6. The Kier molecular flexibility index (Phi) is 9.86. The summed E-state index contributed by atoms with van der Waals surface area (Å²) in [6, 6.07) is 6.29. The number of ether oxygens (including phenoxy) is 2. The van der Waals surface area contributed by atoms with E-state index < -0.39 is 24.7 Å². The quantitative estimate of drug-likeness (QED) is 0.329. The Morgan fingerprint density at radius 3 is 2.55 bits per heavy atom. The van der Waals surface area contributed by atoms with Gasteiger partial charge in [-0.2, -0.15) is 0 Å². The maximum Gasteiger partial charge on any atom is 0.354 e. The maximum absolute atomic E-state index is 14.0. The summed E-state index contributed by atoms with van der Waals surface area (Å²) in [4.78, 5) is 45.6. The van der Waals surface area contributed by atoms with Crippen molar-refractivity contribution >= 4 is 34.4 Å². The number of anilines is 1. The molecule has 10 heteroatoms. The standard InChI is InChI=1S/C34H47FN4O5/c35-19-28(36)22-8-10-23(11-9-22)33(41)39-15-14-27(21-5-2-1-3-6-21)31(39)32(40)37-25-12-13-29-24(17-25)18-30(38-29)34(42)44-20-26-7-4-16-43-26/h12-13,17-18,21-23,26-28,31,38H,1-11,14-16,19-20,36H2,(H,37,40)/t22-,23-,26?,27-,28+,31-/m0/s1. The molecule has 2 saturated heterocycles. The third-order valence-electron chi connectivity index (χ3n) is 10.7. The van der Waals surface area contributed by atoms with Gasteiger partial charge < -0.3 is 30.4 Å². The van der Waals surface area contributed by atoms with Gasteiger partial charge in [0, 0.05) is 41.7 Å². The fourth-order valence-corrected chi connectivity index (χ4v) is 8.17. The van der Waals surface area contributed by atoms with E-state index in [9.17, 15) is 18.8 Å². The topological polar surface area (TPSA) is 127 Å². The lowest BCUT2D eigenvalue weighted by atomic mass is 9.76. The first kappa shape index (κ1) is 31.0. The molecule has 4 N–H and O–H groups in total. The molecule has 0 bridgehead atoms. The molecule has 2 amide bonds. The van der Waals surface area contributed by atoms with E-state index >= 15 is 0 Å². The first-order valence-electron chi connectivity index (χ1n) is 16.8. The fraction of sp³-hybridized carbons (Fsp3) is 0.676. The third-order valence-corrected chi connectivity index (χ3v) is 10.7. The minimum absolute atomic E-state index is 0.0423. The molecular formula is C34H47FN4O5. The van der Waals surface area contributed by atoms with Crippen LogP contribution in [0.3, 0.4) is 0 Å². The molecule has 1 aromatic carbocycles. The predicted octanol–water partition coefficient (Wildman–Crippen LogP) is 5.34. The SMILES string of the molecule is N[C@H](CF)[C@H]1CC[C@H](C(=O)N2CC[C@@H](C3CCCCC3)[C@H]2C(=O)Nc2ccc3[nH]c(C(=O)OCC4CCCO4)cc3c2)CC1. The molecule has 1 aromatic heterocycles. The van der Waals surface area contributed by atoms with E-state index in [1.165, 1.54) is 19.3 Å². The number of amides is 2. The van der Waals surface area contributed by atoms with E-state index in [2.05, 4.69) is 10.3 Å². The molecule has 4 atom stereocenters. The second kappa shape index (κ2) is 14.0. The minimum Gasteiger partial charge on any atom is -0.458 e. The lowest BCUT2D eigenvalue weighted by Gasteiger charge is -2.36. The van der Waals surface area contributed by atoms with Crippen LogP contribution in [0.1, 0.15) is 87.5 Å². The van der Waals surface area contributed by atoms with Crippen LogP contribution in [-0.2, 0) is 19.1 Å². The number of hydrogen-bond acceptors (Lipinski definition) is 6. The average molecular weight is 611 g/mol. The van der Waals surface area contributed by atoms with E-state index in [0.29, 0.717) is 43.3 Å². The number of nitrogens with two attached hydrogens (primary N) is 1. The lowest BCUT2D eigenvalue weighted by Crippen LogP contribution is -2.50. The maximum atomic E-state index is 14.0. The number of aromatic nitrogens is 1. The molecule has 4 fully saturated rings. The van der Waals surface area contributed by atoms with Gasteiger partial charge in [0.15, 0.2) is 0 Å². The zero-order chi connectivity index (χ0) is 30.6. The van der Waals surface area contributed by atoms with E-state index in [4.69, 9.17) is 15.2 Å². The largest absolute Gasteiger partial charge is 0.458 e. The summed E-state index contributed by atoms with van der Waals surface area (Å²) in [5.41, 5.74) is 7.72.